The summed E-state index contributed by atoms with van der Waals surface area (Å²) in [5, 5.41) is 10.9. The second-order valence-electron chi connectivity index (χ2n) is 2.44. The van der Waals surface area contributed by atoms with Gasteiger partial charge >= 0.3 is 51.4 Å². The molecule has 0 spiro atoms. The third kappa shape index (κ3) is 9.54. The third-order valence-electron chi connectivity index (χ3n) is 1.19. The zero-order valence-corrected chi connectivity index (χ0v) is 12.2. The van der Waals surface area contributed by atoms with Gasteiger partial charge in [0.2, 0.25) is 0 Å². The third-order valence-corrected chi connectivity index (χ3v) is 2.32. The smallest absolute Gasteiger partial charge is 0.850 e. The van der Waals surface area contributed by atoms with Gasteiger partial charge in [-0.3, -0.25) is 4.18 Å². The molecule has 0 aromatic rings. The molecule has 0 heterocycles. The van der Waals surface area contributed by atoms with Gasteiger partial charge in [0.1, 0.15) is 0 Å². The molecule has 6 heteroatoms. The maximum Gasteiger partial charge on any atom is 1.00 e. The normalized spacial score (nSPS) is 12.6. The van der Waals surface area contributed by atoms with Crippen molar-refractivity contribution in [3.05, 3.63) is 25.3 Å². The Hall–Kier alpha value is 0.986. The van der Waals surface area contributed by atoms with E-state index in [0.717, 1.165) is 0 Å². The molecule has 0 rings (SSSR count). The maximum absolute atomic E-state index is 10.9. The first-order valence-corrected chi connectivity index (χ1v) is 5.34. The van der Waals surface area contributed by atoms with Gasteiger partial charge in [0, 0.05) is 0 Å². The van der Waals surface area contributed by atoms with Gasteiger partial charge in [0.15, 0.2) is 0 Å². The molecule has 0 radical (unpaired) electrons. The Balaban J connectivity index is 0. The molecule has 0 aliphatic rings. The fraction of sp³-hybridized carbons (Fsp3) is 0.500. The summed E-state index contributed by atoms with van der Waals surface area (Å²) < 4.78 is 26.2. The van der Waals surface area contributed by atoms with E-state index in [1.807, 2.05) is 0 Å². The van der Waals surface area contributed by atoms with Crippen LogP contribution in [0.4, 0.5) is 0 Å². The van der Waals surface area contributed by atoms with E-state index in [2.05, 4.69) is 17.3 Å². The van der Waals surface area contributed by atoms with Gasteiger partial charge < -0.3 is 5.11 Å². The summed E-state index contributed by atoms with van der Waals surface area (Å²) >= 11 is 0. The molecule has 0 N–H and O–H groups in total. The monoisotopic (exact) mass is 244 g/mol. The van der Waals surface area contributed by atoms with Gasteiger partial charge in [-0.25, -0.2) is 0 Å². The maximum atomic E-state index is 10.9. The summed E-state index contributed by atoms with van der Waals surface area (Å²) in [4.78, 5) is 0. The zero-order valence-electron chi connectivity index (χ0n) is 8.31. The summed E-state index contributed by atoms with van der Waals surface area (Å²) in [6.45, 7) is 6.27. The average molecular weight is 244 g/mol. The van der Waals surface area contributed by atoms with Gasteiger partial charge in [-0.1, -0.05) is 18.3 Å². The van der Waals surface area contributed by atoms with Crippen molar-refractivity contribution < 1.29 is 69.1 Å². The molecule has 0 aliphatic carbocycles. The first-order valence-electron chi connectivity index (χ1n) is 3.76. The molecule has 1 unspecified atom stereocenters. The van der Waals surface area contributed by atoms with Crippen molar-refractivity contribution in [3.63, 3.8) is 0 Å². The fourth-order valence-electron chi connectivity index (χ4n) is 0.626. The second-order valence-corrected chi connectivity index (χ2v) is 4.13. The minimum Gasteiger partial charge on any atom is -0.850 e. The number of hydrogen-bond donors (Lipinski definition) is 0. The molecular weight excluding hydrogens is 231 g/mol. The van der Waals surface area contributed by atoms with Crippen molar-refractivity contribution in [3.8, 4) is 0 Å². The zero-order chi connectivity index (χ0) is 10.3. The van der Waals surface area contributed by atoms with E-state index >= 15 is 0 Å². The average Bonchev–Trinajstić information content (AvgIpc) is 2.02. The van der Waals surface area contributed by atoms with E-state index in [9.17, 15) is 13.5 Å². The second kappa shape index (κ2) is 9.23. The molecule has 14 heavy (non-hydrogen) atoms. The molecule has 0 aliphatic heterocycles. The molecule has 0 fully saturated rings. The molecule has 0 aromatic carbocycles. The summed E-state index contributed by atoms with van der Waals surface area (Å²) in [5.41, 5.74) is 0. The van der Waals surface area contributed by atoms with E-state index in [1.54, 1.807) is 0 Å². The summed E-state index contributed by atoms with van der Waals surface area (Å²) in [6, 6.07) is 0. The Kier molecular flexibility index (Phi) is 11.5. The molecular formula is C8H13KO4S. The largest absolute Gasteiger partial charge is 1.00 e. The molecule has 0 bridgehead atoms. The summed E-state index contributed by atoms with van der Waals surface area (Å²) in [6.07, 6.45) is 1.77. The van der Waals surface area contributed by atoms with Crippen molar-refractivity contribution in [2.45, 2.75) is 12.5 Å². The van der Waals surface area contributed by atoms with E-state index < -0.39 is 16.2 Å². The van der Waals surface area contributed by atoms with Crippen LogP contribution in [0.25, 0.3) is 0 Å². The number of hydrogen-bond acceptors (Lipinski definition) is 4. The minimum absolute atomic E-state index is 0. The van der Waals surface area contributed by atoms with Crippen LogP contribution in [0.5, 0.6) is 0 Å². The van der Waals surface area contributed by atoms with E-state index in [4.69, 9.17) is 0 Å². The molecule has 1 atom stereocenters. The summed E-state index contributed by atoms with van der Waals surface area (Å²) in [5.74, 6) is -0.270. The van der Waals surface area contributed by atoms with E-state index in [-0.39, 0.29) is 70.2 Å². The fourth-order valence-corrected chi connectivity index (χ4v) is 1.37. The predicted octanol–water partition coefficient (Wildman–Crippen LogP) is -3.17. The molecule has 0 amide bonds. The van der Waals surface area contributed by atoms with Crippen LogP contribution in [0.3, 0.4) is 0 Å². The van der Waals surface area contributed by atoms with Crippen LogP contribution in [0.15, 0.2) is 25.3 Å². The molecule has 0 aromatic heterocycles. The first kappa shape index (κ1) is 17.4. The van der Waals surface area contributed by atoms with Crippen LogP contribution in [0.2, 0.25) is 0 Å². The van der Waals surface area contributed by atoms with Crippen molar-refractivity contribution in [1.29, 1.82) is 0 Å². The quantitative estimate of drug-likeness (QED) is 0.269. The van der Waals surface area contributed by atoms with Crippen molar-refractivity contribution >= 4 is 10.1 Å². The van der Waals surface area contributed by atoms with Crippen LogP contribution < -0.4 is 56.5 Å². The minimum atomic E-state index is -3.60. The van der Waals surface area contributed by atoms with Gasteiger partial charge in [0.05, 0.1) is 12.4 Å². The first-order chi connectivity index (χ1) is 6.02. The number of rotatable bonds is 7. The molecule has 0 saturated carbocycles. The van der Waals surface area contributed by atoms with Crippen LogP contribution in [0, 0.1) is 0 Å². The van der Waals surface area contributed by atoms with Gasteiger partial charge in [0.25, 0.3) is 10.1 Å². The Morgan fingerprint density at radius 2 is 1.93 bits per heavy atom. The molecule has 76 valence electrons. The topological polar surface area (TPSA) is 66.4 Å². The summed E-state index contributed by atoms with van der Waals surface area (Å²) in [7, 11) is -3.60. The Morgan fingerprint density at radius 1 is 1.36 bits per heavy atom. The standard InChI is InChI=1S/C8H13O4S.K/c1-3-5-8(9)7-12-13(10,11)6-4-2;/h3-4,8H,1-2,5-7H2;/q-1;+1. The van der Waals surface area contributed by atoms with Crippen molar-refractivity contribution in [1.82, 2.24) is 0 Å². The Morgan fingerprint density at radius 3 is 2.36 bits per heavy atom. The SMILES string of the molecule is C=CCC([O-])COS(=O)(=O)CC=C.[K+]. The van der Waals surface area contributed by atoms with Crippen LogP contribution in [-0.4, -0.2) is 26.9 Å². The Labute approximate surface area is 128 Å². The van der Waals surface area contributed by atoms with Crippen molar-refractivity contribution in [2.75, 3.05) is 12.4 Å². The molecule has 4 nitrogen and oxygen atoms in total. The van der Waals surface area contributed by atoms with Gasteiger partial charge in [-0.05, 0) is 6.42 Å². The van der Waals surface area contributed by atoms with Crippen LogP contribution in [0.1, 0.15) is 6.42 Å². The van der Waals surface area contributed by atoms with Crippen LogP contribution in [-0.2, 0) is 14.3 Å². The Bertz CT molecular complexity index is 261. The van der Waals surface area contributed by atoms with E-state index in [0.29, 0.717) is 0 Å². The molecule has 0 saturated heterocycles. The van der Waals surface area contributed by atoms with Crippen LogP contribution >= 0.6 is 0 Å². The van der Waals surface area contributed by atoms with Gasteiger partial charge in [-0.2, -0.15) is 8.42 Å². The predicted molar refractivity (Wildman–Crippen MR) is 48.5 cm³/mol. The van der Waals surface area contributed by atoms with Gasteiger partial charge in [-0.15, -0.1) is 13.2 Å². The van der Waals surface area contributed by atoms with E-state index in [1.165, 1.54) is 12.2 Å². The van der Waals surface area contributed by atoms with Crippen molar-refractivity contribution in [2.24, 2.45) is 0 Å².